The molecule has 5 rings (SSSR count). The number of nitrogens with one attached hydrogen (secondary N) is 3. The van der Waals surface area contributed by atoms with E-state index in [4.69, 9.17) is 9.72 Å². The number of morpholine rings is 1. The Morgan fingerprint density at radius 1 is 1.11 bits per heavy atom. The van der Waals surface area contributed by atoms with E-state index in [1.54, 1.807) is 6.20 Å². The lowest BCUT2D eigenvalue weighted by Crippen LogP contribution is -2.52. The Morgan fingerprint density at radius 2 is 1.96 bits per heavy atom. The highest BCUT2D eigenvalue weighted by atomic mass is 16.5. The minimum atomic E-state index is -0.130. The van der Waals surface area contributed by atoms with Gasteiger partial charge in [0.25, 0.3) is 0 Å². The van der Waals surface area contributed by atoms with Gasteiger partial charge in [-0.1, -0.05) is 12.1 Å². The first-order valence-electron chi connectivity index (χ1n) is 9.79. The third-order valence-corrected chi connectivity index (χ3v) is 5.92. The lowest BCUT2D eigenvalue weighted by Gasteiger charge is -2.38. The first-order valence-corrected chi connectivity index (χ1v) is 9.79. The SMILES string of the molecule is O=C1CC(c2cccnc2N2CCOCC2)C2C(NNC2c2cccnc2)N1. The molecule has 4 unspecified atom stereocenters. The number of hydrogen-bond acceptors (Lipinski definition) is 7. The summed E-state index contributed by atoms with van der Waals surface area (Å²) in [5.41, 5.74) is 8.89. The Balaban J connectivity index is 1.53. The van der Waals surface area contributed by atoms with E-state index in [9.17, 15) is 4.79 Å². The Bertz CT molecular complexity index is 842. The van der Waals surface area contributed by atoms with Crippen LogP contribution in [0.2, 0.25) is 0 Å². The lowest BCUT2D eigenvalue weighted by atomic mass is 9.74. The van der Waals surface area contributed by atoms with Crippen molar-refractivity contribution in [2.24, 2.45) is 5.92 Å². The van der Waals surface area contributed by atoms with Crippen molar-refractivity contribution in [1.82, 2.24) is 26.1 Å². The van der Waals surface area contributed by atoms with Crippen LogP contribution in [0, 0.1) is 5.92 Å². The average Bonchev–Trinajstić information content (AvgIpc) is 3.18. The minimum absolute atomic E-state index is 0.0537. The summed E-state index contributed by atoms with van der Waals surface area (Å²) in [5, 5.41) is 3.09. The van der Waals surface area contributed by atoms with Crippen molar-refractivity contribution in [3.63, 3.8) is 0 Å². The van der Waals surface area contributed by atoms with Gasteiger partial charge in [-0.05, 0) is 23.3 Å². The average molecular weight is 380 g/mol. The number of nitrogens with zero attached hydrogens (tertiary/aromatic N) is 3. The summed E-state index contributed by atoms with van der Waals surface area (Å²) >= 11 is 0. The molecule has 146 valence electrons. The largest absolute Gasteiger partial charge is 0.378 e. The number of pyridine rings is 2. The Morgan fingerprint density at radius 3 is 2.79 bits per heavy atom. The molecule has 8 nitrogen and oxygen atoms in total. The number of amides is 1. The fourth-order valence-electron chi connectivity index (χ4n) is 4.65. The van der Waals surface area contributed by atoms with Gasteiger partial charge >= 0.3 is 0 Å². The number of rotatable bonds is 3. The molecule has 5 heterocycles. The predicted molar refractivity (Wildman–Crippen MR) is 103 cm³/mol. The molecule has 0 radical (unpaired) electrons. The number of hydrazine groups is 1. The van der Waals surface area contributed by atoms with E-state index >= 15 is 0 Å². The van der Waals surface area contributed by atoms with Crippen molar-refractivity contribution in [3.8, 4) is 0 Å². The molecule has 2 aromatic rings. The van der Waals surface area contributed by atoms with Gasteiger partial charge in [-0.15, -0.1) is 0 Å². The van der Waals surface area contributed by atoms with Crippen LogP contribution in [0.5, 0.6) is 0 Å². The van der Waals surface area contributed by atoms with Crippen LogP contribution in [0.1, 0.15) is 29.5 Å². The van der Waals surface area contributed by atoms with Gasteiger partial charge in [0.05, 0.1) is 25.4 Å². The Kier molecular flexibility index (Phi) is 4.67. The van der Waals surface area contributed by atoms with Gasteiger partial charge in [0, 0.05) is 49.9 Å². The molecule has 3 saturated heterocycles. The Labute approximate surface area is 163 Å². The number of piperidine rings is 1. The number of ether oxygens (including phenoxy) is 1. The van der Waals surface area contributed by atoms with Gasteiger partial charge in [0.2, 0.25) is 5.91 Å². The molecule has 4 atom stereocenters. The molecule has 0 aromatic carbocycles. The summed E-state index contributed by atoms with van der Waals surface area (Å²) in [5.74, 6) is 1.24. The number of fused-ring (bicyclic) bond motifs is 1. The third kappa shape index (κ3) is 3.13. The maximum absolute atomic E-state index is 12.5. The molecule has 3 N–H and O–H groups in total. The molecule has 8 heteroatoms. The van der Waals surface area contributed by atoms with Crippen LogP contribution < -0.4 is 21.1 Å². The normalized spacial score (nSPS) is 30.0. The van der Waals surface area contributed by atoms with Crippen molar-refractivity contribution in [2.45, 2.75) is 24.5 Å². The van der Waals surface area contributed by atoms with Crippen molar-refractivity contribution in [3.05, 3.63) is 54.0 Å². The fraction of sp³-hybridized carbons (Fsp3) is 0.450. The first-order chi connectivity index (χ1) is 13.8. The summed E-state index contributed by atoms with van der Waals surface area (Å²) in [6, 6.07) is 8.17. The monoisotopic (exact) mass is 380 g/mol. The summed E-state index contributed by atoms with van der Waals surface area (Å²) in [6.07, 6.45) is 5.82. The quantitative estimate of drug-likeness (QED) is 0.722. The topological polar surface area (TPSA) is 91.4 Å². The van der Waals surface area contributed by atoms with Crippen LogP contribution in [0.15, 0.2) is 42.9 Å². The van der Waals surface area contributed by atoms with Gasteiger partial charge in [-0.25, -0.2) is 15.8 Å². The zero-order chi connectivity index (χ0) is 18.9. The van der Waals surface area contributed by atoms with E-state index in [1.165, 1.54) is 0 Å². The minimum Gasteiger partial charge on any atom is -0.378 e. The van der Waals surface area contributed by atoms with E-state index in [0.717, 1.165) is 30.0 Å². The standard InChI is InChI=1S/C20H24N6O2/c27-16-11-15(14-4-2-6-22-20(14)26-7-9-28-10-8-26)17-18(24-25-19(17)23-16)13-3-1-5-21-12-13/h1-6,12,15,17-19,24-25H,7-11H2,(H,23,27). The Hall–Kier alpha value is -2.55. The molecule has 0 aliphatic carbocycles. The second-order valence-corrected chi connectivity index (χ2v) is 7.50. The van der Waals surface area contributed by atoms with Crippen LogP contribution in [0.25, 0.3) is 0 Å². The summed E-state index contributed by atoms with van der Waals surface area (Å²) in [6.45, 7) is 3.04. The summed E-state index contributed by atoms with van der Waals surface area (Å²) in [4.78, 5) is 23.7. The van der Waals surface area contributed by atoms with Crippen LogP contribution in [-0.2, 0) is 9.53 Å². The van der Waals surface area contributed by atoms with Gasteiger partial charge in [-0.3, -0.25) is 9.78 Å². The van der Waals surface area contributed by atoms with Crippen molar-refractivity contribution < 1.29 is 9.53 Å². The second kappa shape index (κ2) is 7.46. The predicted octanol–water partition coefficient (Wildman–Crippen LogP) is 0.708. The smallest absolute Gasteiger partial charge is 0.221 e. The van der Waals surface area contributed by atoms with E-state index < -0.39 is 0 Å². The molecule has 0 bridgehead atoms. The highest BCUT2D eigenvalue weighted by Crippen LogP contribution is 2.45. The van der Waals surface area contributed by atoms with E-state index in [1.807, 2.05) is 24.5 Å². The number of aromatic nitrogens is 2. The maximum atomic E-state index is 12.5. The van der Waals surface area contributed by atoms with E-state index in [-0.39, 0.29) is 30.0 Å². The maximum Gasteiger partial charge on any atom is 0.221 e. The number of hydrogen-bond donors (Lipinski definition) is 3. The number of carbonyl (C=O) groups excluding carboxylic acids is 1. The van der Waals surface area contributed by atoms with Gasteiger partial charge in [0.15, 0.2) is 0 Å². The molecule has 0 spiro atoms. The van der Waals surface area contributed by atoms with Gasteiger partial charge < -0.3 is 15.0 Å². The van der Waals surface area contributed by atoms with Gasteiger partial charge in [0.1, 0.15) is 5.82 Å². The van der Waals surface area contributed by atoms with Crippen molar-refractivity contribution in [2.75, 3.05) is 31.2 Å². The zero-order valence-corrected chi connectivity index (χ0v) is 15.5. The molecule has 28 heavy (non-hydrogen) atoms. The molecule has 3 aliphatic rings. The number of carbonyl (C=O) groups is 1. The molecule has 0 saturated carbocycles. The molecule has 2 aromatic heterocycles. The van der Waals surface area contributed by atoms with E-state index in [0.29, 0.717) is 19.6 Å². The number of anilines is 1. The molecule has 3 aliphatic heterocycles. The lowest BCUT2D eigenvalue weighted by molar-refractivity contribution is -0.125. The molecule has 3 fully saturated rings. The van der Waals surface area contributed by atoms with Crippen molar-refractivity contribution in [1.29, 1.82) is 0 Å². The van der Waals surface area contributed by atoms with Crippen LogP contribution >= 0.6 is 0 Å². The second-order valence-electron chi connectivity index (χ2n) is 7.50. The van der Waals surface area contributed by atoms with E-state index in [2.05, 4.69) is 38.2 Å². The molecule has 1 amide bonds. The van der Waals surface area contributed by atoms with Crippen LogP contribution in [-0.4, -0.2) is 48.3 Å². The zero-order valence-electron chi connectivity index (χ0n) is 15.5. The highest BCUT2D eigenvalue weighted by molar-refractivity contribution is 5.79. The summed E-state index contributed by atoms with van der Waals surface area (Å²) in [7, 11) is 0. The van der Waals surface area contributed by atoms with Gasteiger partial charge in [-0.2, -0.15) is 0 Å². The first kappa shape index (κ1) is 17.5. The highest BCUT2D eigenvalue weighted by Gasteiger charge is 2.47. The van der Waals surface area contributed by atoms with Crippen molar-refractivity contribution >= 4 is 11.7 Å². The molecular formula is C20H24N6O2. The fourth-order valence-corrected chi connectivity index (χ4v) is 4.65. The third-order valence-electron chi connectivity index (χ3n) is 5.92. The molecular weight excluding hydrogens is 356 g/mol. The van der Waals surface area contributed by atoms with Crippen LogP contribution in [0.4, 0.5) is 5.82 Å². The van der Waals surface area contributed by atoms with Crippen LogP contribution in [0.3, 0.4) is 0 Å². The summed E-state index contributed by atoms with van der Waals surface area (Å²) < 4.78 is 5.51.